The maximum Gasteiger partial charge on any atom is 0.0230 e. The van der Waals surface area contributed by atoms with Gasteiger partial charge in [-0.15, -0.1) is 0 Å². The fourth-order valence-electron chi connectivity index (χ4n) is 2.82. The number of piperidine rings is 1. The van der Waals surface area contributed by atoms with E-state index < -0.39 is 0 Å². The van der Waals surface area contributed by atoms with Gasteiger partial charge in [-0.2, -0.15) is 0 Å². The third kappa shape index (κ3) is 4.14. The Morgan fingerprint density at radius 1 is 1.29 bits per heavy atom. The first-order valence-electron chi connectivity index (χ1n) is 6.65. The molecule has 1 atom stereocenters. The van der Waals surface area contributed by atoms with E-state index in [9.17, 15) is 0 Å². The molecule has 1 aliphatic rings. The molecule has 1 fully saturated rings. The van der Waals surface area contributed by atoms with E-state index >= 15 is 0 Å². The van der Waals surface area contributed by atoms with E-state index in [0.29, 0.717) is 0 Å². The second-order valence-corrected chi connectivity index (χ2v) is 5.45. The summed E-state index contributed by atoms with van der Waals surface area (Å²) in [5.41, 5.74) is 1.42. The van der Waals surface area contributed by atoms with Crippen LogP contribution in [0.3, 0.4) is 0 Å². The number of rotatable bonds is 4. The topological polar surface area (TPSA) is 6.48 Å². The molecule has 0 radical (unpaired) electrons. The largest absolute Gasteiger partial charge is 0.306 e. The van der Waals surface area contributed by atoms with E-state index in [0.717, 1.165) is 12.5 Å². The molecule has 1 aromatic carbocycles. The van der Waals surface area contributed by atoms with Crippen molar-refractivity contribution in [1.29, 1.82) is 0 Å². The first kappa shape index (κ1) is 12.6. The first-order valence-corrected chi connectivity index (χ1v) is 6.65. The molecular formula is C15H24N2. The van der Waals surface area contributed by atoms with Crippen molar-refractivity contribution < 1.29 is 0 Å². The molecule has 1 aromatic rings. The average Bonchev–Trinajstić information content (AvgIpc) is 2.30. The summed E-state index contributed by atoms with van der Waals surface area (Å²) in [6.07, 6.45) is 2.75. The van der Waals surface area contributed by atoms with Crippen molar-refractivity contribution in [3.8, 4) is 0 Å². The standard InChI is InChI=1S/C15H24N2/c1-16-10-6-9-15(12-16)13-17(2)11-14-7-4-3-5-8-14/h3-5,7-8,15H,6,9-13H2,1-2H3. The molecule has 94 valence electrons. The smallest absolute Gasteiger partial charge is 0.0230 e. The molecule has 2 nitrogen and oxygen atoms in total. The Hall–Kier alpha value is -0.860. The Labute approximate surface area is 105 Å². The molecule has 17 heavy (non-hydrogen) atoms. The summed E-state index contributed by atoms with van der Waals surface area (Å²) in [6.45, 7) is 4.83. The normalized spacial score (nSPS) is 21.9. The van der Waals surface area contributed by atoms with Crippen LogP contribution in [0, 0.1) is 5.92 Å². The van der Waals surface area contributed by atoms with E-state index in [-0.39, 0.29) is 0 Å². The van der Waals surface area contributed by atoms with Gasteiger partial charge in [0.2, 0.25) is 0 Å². The summed E-state index contributed by atoms with van der Waals surface area (Å²) in [5.74, 6) is 0.850. The van der Waals surface area contributed by atoms with E-state index in [2.05, 4.69) is 54.2 Å². The van der Waals surface area contributed by atoms with Crippen LogP contribution in [0.15, 0.2) is 30.3 Å². The van der Waals surface area contributed by atoms with Gasteiger partial charge in [0.1, 0.15) is 0 Å². The molecule has 0 aliphatic carbocycles. The maximum absolute atomic E-state index is 2.46. The number of hydrogen-bond acceptors (Lipinski definition) is 2. The lowest BCUT2D eigenvalue weighted by molar-refractivity contribution is 0.163. The SMILES string of the molecule is CN1CCCC(CN(C)Cc2ccccc2)C1. The van der Waals surface area contributed by atoms with Gasteiger partial charge < -0.3 is 9.80 Å². The van der Waals surface area contributed by atoms with Crippen LogP contribution >= 0.6 is 0 Å². The first-order chi connectivity index (χ1) is 8.24. The lowest BCUT2D eigenvalue weighted by Crippen LogP contribution is -2.37. The summed E-state index contributed by atoms with van der Waals surface area (Å²) in [7, 11) is 4.48. The molecule has 1 unspecified atom stereocenters. The molecule has 0 saturated carbocycles. The summed E-state index contributed by atoms with van der Waals surface area (Å²) in [4.78, 5) is 4.92. The third-order valence-electron chi connectivity index (χ3n) is 3.59. The van der Waals surface area contributed by atoms with Gasteiger partial charge in [0, 0.05) is 19.6 Å². The molecule has 0 amide bonds. The van der Waals surface area contributed by atoms with Gasteiger partial charge in [-0.05, 0) is 45.0 Å². The second kappa shape index (κ2) is 6.18. The molecule has 2 heteroatoms. The van der Waals surface area contributed by atoms with Gasteiger partial charge >= 0.3 is 0 Å². The quantitative estimate of drug-likeness (QED) is 0.787. The zero-order chi connectivity index (χ0) is 12.1. The molecule has 0 spiro atoms. The average molecular weight is 232 g/mol. The Bertz CT molecular complexity index is 323. The third-order valence-corrected chi connectivity index (χ3v) is 3.59. The van der Waals surface area contributed by atoms with Crippen molar-refractivity contribution in [2.75, 3.05) is 33.7 Å². The van der Waals surface area contributed by atoms with Crippen molar-refractivity contribution in [3.63, 3.8) is 0 Å². The molecule has 2 rings (SSSR count). The number of benzene rings is 1. The summed E-state index contributed by atoms with van der Waals surface area (Å²) < 4.78 is 0. The van der Waals surface area contributed by atoms with Crippen LogP contribution in [0.1, 0.15) is 18.4 Å². The van der Waals surface area contributed by atoms with Crippen molar-refractivity contribution in [3.05, 3.63) is 35.9 Å². The Morgan fingerprint density at radius 3 is 2.76 bits per heavy atom. The van der Waals surface area contributed by atoms with Gasteiger partial charge in [0.15, 0.2) is 0 Å². The van der Waals surface area contributed by atoms with Crippen LogP contribution in [0.5, 0.6) is 0 Å². The van der Waals surface area contributed by atoms with Crippen molar-refractivity contribution in [2.45, 2.75) is 19.4 Å². The lowest BCUT2D eigenvalue weighted by atomic mass is 9.98. The highest BCUT2D eigenvalue weighted by Gasteiger charge is 2.18. The molecular weight excluding hydrogens is 208 g/mol. The maximum atomic E-state index is 2.46. The van der Waals surface area contributed by atoms with Crippen LogP contribution in [-0.4, -0.2) is 43.5 Å². The molecule has 1 aliphatic heterocycles. The fourth-order valence-corrected chi connectivity index (χ4v) is 2.82. The molecule has 0 N–H and O–H groups in total. The van der Waals surface area contributed by atoms with Crippen molar-refractivity contribution in [2.24, 2.45) is 5.92 Å². The number of nitrogens with zero attached hydrogens (tertiary/aromatic N) is 2. The minimum atomic E-state index is 0.850. The molecule has 1 saturated heterocycles. The van der Waals surface area contributed by atoms with Gasteiger partial charge in [-0.3, -0.25) is 0 Å². The van der Waals surface area contributed by atoms with Crippen LogP contribution in [0.2, 0.25) is 0 Å². The monoisotopic (exact) mass is 232 g/mol. The highest BCUT2D eigenvalue weighted by Crippen LogP contribution is 2.16. The lowest BCUT2D eigenvalue weighted by Gasteiger charge is -2.32. The number of likely N-dealkylation sites (tertiary alicyclic amines) is 1. The molecule has 1 heterocycles. The Kier molecular flexibility index (Phi) is 4.57. The predicted molar refractivity (Wildman–Crippen MR) is 73.0 cm³/mol. The van der Waals surface area contributed by atoms with Crippen LogP contribution in [0.4, 0.5) is 0 Å². The van der Waals surface area contributed by atoms with E-state index in [1.54, 1.807) is 0 Å². The van der Waals surface area contributed by atoms with Crippen molar-refractivity contribution >= 4 is 0 Å². The number of hydrogen-bond donors (Lipinski definition) is 0. The minimum Gasteiger partial charge on any atom is -0.306 e. The summed E-state index contributed by atoms with van der Waals surface area (Å²) in [6, 6.07) is 10.8. The van der Waals surface area contributed by atoms with E-state index in [1.165, 1.54) is 38.0 Å². The molecule has 0 aromatic heterocycles. The molecule has 0 bridgehead atoms. The van der Waals surface area contributed by atoms with Crippen LogP contribution in [-0.2, 0) is 6.54 Å². The van der Waals surface area contributed by atoms with Gasteiger partial charge in [0.05, 0.1) is 0 Å². The zero-order valence-corrected chi connectivity index (χ0v) is 11.1. The van der Waals surface area contributed by atoms with Gasteiger partial charge in [0.25, 0.3) is 0 Å². The van der Waals surface area contributed by atoms with Gasteiger partial charge in [-0.25, -0.2) is 0 Å². The Balaban J connectivity index is 1.79. The van der Waals surface area contributed by atoms with E-state index in [1.807, 2.05) is 0 Å². The highest BCUT2D eigenvalue weighted by molar-refractivity contribution is 5.14. The zero-order valence-electron chi connectivity index (χ0n) is 11.1. The Morgan fingerprint density at radius 2 is 2.06 bits per heavy atom. The van der Waals surface area contributed by atoms with Crippen molar-refractivity contribution in [1.82, 2.24) is 9.80 Å². The van der Waals surface area contributed by atoms with Crippen LogP contribution in [0.25, 0.3) is 0 Å². The summed E-state index contributed by atoms with van der Waals surface area (Å²) >= 11 is 0. The van der Waals surface area contributed by atoms with Crippen LogP contribution < -0.4 is 0 Å². The summed E-state index contributed by atoms with van der Waals surface area (Å²) in [5, 5.41) is 0. The fraction of sp³-hybridized carbons (Fsp3) is 0.600. The van der Waals surface area contributed by atoms with Gasteiger partial charge in [-0.1, -0.05) is 30.3 Å². The second-order valence-electron chi connectivity index (χ2n) is 5.45. The van der Waals surface area contributed by atoms with E-state index in [4.69, 9.17) is 0 Å². The minimum absolute atomic E-state index is 0.850. The predicted octanol–water partition coefficient (Wildman–Crippen LogP) is 2.46. The highest BCUT2D eigenvalue weighted by atomic mass is 15.1.